The zero-order valence-corrected chi connectivity index (χ0v) is 27.2. The number of benzene rings is 3. The van der Waals surface area contributed by atoms with Gasteiger partial charge in [0.15, 0.2) is 12.4 Å². The van der Waals surface area contributed by atoms with Gasteiger partial charge in [0.2, 0.25) is 0 Å². The molecule has 0 saturated carbocycles. The fourth-order valence-corrected chi connectivity index (χ4v) is 6.28. The molecule has 0 spiro atoms. The molecule has 3 aromatic carbocycles. The molecule has 2 aliphatic rings. The molecule has 0 aromatic heterocycles. The number of ether oxygens (including phenoxy) is 5. The van der Waals surface area contributed by atoms with Gasteiger partial charge in [-0.05, 0) is 29.3 Å². The third kappa shape index (κ3) is 8.14. The summed E-state index contributed by atoms with van der Waals surface area (Å²) in [7, 11) is -1.51. The van der Waals surface area contributed by atoms with E-state index >= 15 is 0 Å². The average Bonchev–Trinajstić information content (AvgIpc) is 3.26. The van der Waals surface area contributed by atoms with E-state index in [-0.39, 0.29) is 13.2 Å². The third-order valence-electron chi connectivity index (χ3n) is 7.85. The van der Waals surface area contributed by atoms with Gasteiger partial charge < -0.3 is 23.7 Å². The molecular weight excluding hydrogens is 590 g/mol. The Morgan fingerprint density at radius 2 is 1.33 bits per heavy atom. The number of rotatable bonds is 13. The van der Waals surface area contributed by atoms with Gasteiger partial charge in [0, 0.05) is 21.6 Å². The van der Waals surface area contributed by atoms with Crippen LogP contribution in [0.15, 0.2) is 84.9 Å². The lowest BCUT2D eigenvalue weighted by molar-refractivity contribution is -0.291. The topological polar surface area (TPSA) is 101 Å². The maximum atomic E-state index is 13.9. The Hall–Kier alpha value is -3.67. The molecule has 3 aromatic rings. The van der Waals surface area contributed by atoms with Gasteiger partial charge in [-0.3, -0.25) is 19.3 Å². The van der Waals surface area contributed by atoms with Crippen LogP contribution in [0.2, 0.25) is 25.7 Å². The molecule has 5 atom stereocenters. The van der Waals surface area contributed by atoms with E-state index < -0.39 is 56.5 Å². The average molecular weight is 632 g/mol. The van der Waals surface area contributed by atoms with E-state index in [1.165, 1.54) is 6.92 Å². The SMILES string of the molecule is CC(=O)O[C@H]1[C@H](OCc2ccccc2)[C@@H](N2C(=O)c3ccccc3C2=O)[C@H](OCC[Si](C)(C)C)O[C@@H]1COCc1ccccc1. The molecule has 0 N–H and O–H groups in total. The lowest BCUT2D eigenvalue weighted by Gasteiger charge is -2.47. The first-order valence-electron chi connectivity index (χ1n) is 15.3. The number of nitrogens with zero attached hydrogens (tertiary/aromatic N) is 1. The zero-order chi connectivity index (χ0) is 32.0. The lowest BCUT2D eigenvalue weighted by Crippen LogP contribution is -2.67. The largest absolute Gasteiger partial charge is 0.457 e. The van der Waals surface area contributed by atoms with Gasteiger partial charge in [-0.15, -0.1) is 0 Å². The molecule has 2 aliphatic heterocycles. The summed E-state index contributed by atoms with van der Waals surface area (Å²) in [6.45, 7) is 8.90. The third-order valence-corrected chi connectivity index (χ3v) is 9.56. The van der Waals surface area contributed by atoms with Gasteiger partial charge in [-0.1, -0.05) is 92.4 Å². The number of fused-ring (bicyclic) bond motifs is 1. The van der Waals surface area contributed by atoms with E-state index in [4.69, 9.17) is 23.7 Å². The van der Waals surface area contributed by atoms with Crippen molar-refractivity contribution in [1.29, 1.82) is 0 Å². The fraction of sp³-hybridized carbons (Fsp3) is 0.400. The Kier molecular flexibility index (Phi) is 10.6. The minimum absolute atomic E-state index is 0.0563. The molecule has 5 rings (SSSR count). The number of carbonyl (C=O) groups excluding carboxylic acids is 3. The van der Waals surface area contributed by atoms with Crippen molar-refractivity contribution in [3.05, 3.63) is 107 Å². The molecule has 10 heteroatoms. The highest BCUT2D eigenvalue weighted by Crippen LogP contribution is 2.36. The second-order valence-electron chi connectivity index (χ2n) is 12.6. The van der Waals surface area contributed by atoms with Crippen LogP contribution in [-0.2, 0) is 41.7 Å². The van der Waals surface area contributed by atoms with Crippen LogP contribution in [0.5, 0.6) is 0 Å². The van der Waals surface area contributed by atoms with E-state index in [0.717, 1.165) is 22.1 Å². The Labute approximate surface area is 265 Å². The molecular formula is C35H41NO8Si. The van der Waals surface area contributed by atoms with Crippen molar-refractivity contribution in [2.45, 2.75) is 76.5 Å². The maximum absolute atomic E-state index is 13.9. The first-order chi connectivity index (χ1) is 21.6. The van der Waals surface area contributed by atoms with E-state index in [1.54, 1.807) is 24.3 Å². The molecule has 0 aliphatic carbocycles. The van der Waals surface area contributed by atoms with Gasteiger partial charge >= 0.3 is 5.97 Å². The Bertz CT molecular complexity index is 1430. The second kappa shape index (κ2) is 14.6. The van der Waals surface area contributed by atoms with Crippen molar-refractivity contribution in [3.63, 3.8) is 0 Å². The van der Waals surface area contributed by atoms with Gasteiger partial charge in [-0.25, -0.2) is 0 Å². The number of carbonyl (C=O) groups is 3. The van der Waals surface area contributed by atoms with E-state index in [0.29, 0.717) is 24.3 Å². The summed E-state index contributed by atoms with van der Waals surface area (Å²) in [6.07, 6.45) is -3.84. The van der Waals surface area contributed by atoms with Crippen molar-refractivity contribution in [3.8, 4) is 0 Å². The summed E-state index contributed by atoms with van der Waals surface area (Å²) < 4.78 is 31.4. The molecule has 2 heterocycles. The minimum atomic E-state index is -1.51. The van der Waals surface area contributed by atoms with Crippen molar-refractivity contribution < 1.29 is 38.1 Å². The predicted molar refractivity (Wildman–Crippen MR) is 170 cm³/mol. The fourth-order valence-electron chi connectivity index (χ4n) is 5.55. The van der Waals surface area contributed by atoms with Crippen LogP contribution in [0.25, 0.3) is 0 Å². The normalized spacial score (nSPS) is 23.2. The zero-order valence-electron chi connectivity index (χ0n) is 26.2. The van der Waals surface area contributed by atoms with Gasteiger partial charge in [0.05, 0.1) is 30.9 Å². The van der Waals surface area contributed by atoms with Crippen LogP contribution in [0.1, 0.15) is 38.8 Å². The molecule has 1 saturated heterocycles. The summed E-state index contributed by atoms with van der Waals surface area (Å²) in [4.78, 5) is 41.4. The van der Waals surface area contributed by atoms with Crippen molar-refractivity contribution in [2.75, 3.05) is 13.2 Å². The van der Waals surface area contributed by atoms with Crippen LogP contribution in [0, 0.1) is 0 Å². The molecule has 45 heavy (non-hydrogen) atoms. The molecule has 0 bridgehead atoms. The second-order valence-corrected chi connectivity index (χ2v) is 18.2. The molecule has 238 valence electrons. The van der Waals surface area contributed by atoms with Crippen LogP contribution < -0.4 is 0 Å². The van der Waals surface area contributed by atoms with Crippen LogP contribution in [0.3, 0.4) is 0 Å². The highest BCUT2D eigenvalue weighted by atomic mass is 28.3. The first kappa shape index (κ1) is 32.7. The van der Waals surface area contributed by atoms with E-state index in [9.17, 15) is 14.4 Å². The quantitative estimate of drug-likeness (QED) is 0.139. The van der Waals surface area contributed by atoms with Crippen LogP contribution in [0.4, 0.5) is 0 Å². The Morgan fingerprint density at radius 3 is 1.89 bits per heavy atom. The highest BCUT2D eigenvalue weighted by Gasteiger charge is 2.56. The van der Waals surface area contributed by atoms with E-state index in [1.807, 2.05) is 60.7 Å². The van der Waals surface area contributed by atoms with Crippen LogP contribution >= 0.6 is 0 Å². The summed E-state index contributed by atoms with van der Waals surface area (Å²) in [5, 5.41) is 0. The molecule has 2 amide bonds. The van der Waals surface area contributed by atoms with E-state index in [2.05, 4.69) is 19.6 Å². The summed E-state index contributed by atoms with van der Waals surface area (Å²) in [5.41, 5.74) is 2.44. The first-order valence-corrected chi connectivity index (χ1v) is 19.0. The molecule has 9 nitrogen and oxygen atoms in total. The minimum Gasteiger partial charge on any atom is -0.457 e. The highest BCUT2D eigenvalue weighted by molar-refractivity contribution is 6.76. The Morgan fingerprint density at radius 1 is 0.778 bits per heavy atom. The number of hydrogen-bond donors (Lipinski definition) is 0. The summed E-state index contributed by atoms with van der Waals surface area (Å²) in [6, 6.07) is 25.7. The van der Waals surface area contributed by atoms with Gasteiger partial charge in [0.1, 0.15) is 18.2 Å². The van der Waals surface area contributed by atoms with Crippen molar-refractivity contribution in [2.24, 2.45) is 0 Å². The monoisotopic (exact) mass is 631 g/mol. The van der Waals surface area contributed by atoms with Gasteiger partial charge in [0.25, 0.3) is 11.8 Å². The maximum Gasteiger partial charge on any atom is 0.303 e. The molecule has 0 unspecified atom stereocenters. The van der Waals surface area contributed by atoms with Gasteiger partial charge in [-0.2, -0.15) is 0 Å². The Balaban J connectivity index is 1.51. The summed E-state index contributed by atoms with van der Waals surface area (Å²) in [5.74, 6) is -1.50. The predicted octanol–water partition coefficient (Wildman–Crippen LogP) is 5.46. The lowest BCUT2D eigenvalue weighted by atomic mass is 9.94. The van der Waals surface area contributed by atoms with Crippen LogP contribution in [-0.4, -0.2) is 74.6 Å². The molecule has 0 radical (unpaired) electrons. The number of imide groups is 1. The number of hydrogen-bond acceptors (Lipinski definition) is 8. The standard InChI is InChI=1S/C35H41NO8Si/c1-24(37)43-31-29(23-40-21-25-13-7-5-8-14-25)44-35(41-19-20-45(2,3)4)30(32(31)42-22-26-15-9-6-10-16-26)36-33(38)27-17-11-12-18-28(27)34(36)39/h5-18,29-32,35H,19-23H2,1-4H3/t29-,30-,31-,32-,35-/m1/s1. The van der Waals surface area contributed by atoms with Crippen molar-refractivity contribution >= 4 is 25.9 Å². The number of esters is 1. The smallest absolute Gasteiger partial charge is 0.303 e. The number of amides is 2. The summed E-state index contributed by atoms with van der Waals surface area (Å²) >= 11 is 0. The van der Waals surface area contributed by atoms with Crippen molar-refractivity contribution in [1.82, 2.24) is 4.90 Å². The molecule has 1 fully saturated rings.